The van der Waals surface area contributed by atoms with Crippen molar-refractivity contribution in [3.8, 4) is 5.75 Å². The van der Waals surface area contributed by atoms with Gasteiger partial charge in [-0.1, -0.05) is 42.5 Å². The molecule has 0 bridgehead atoms. The van der Waals surface area contributed by atoms with Crippen molar-refractivity contribution in [1.29, 1.82) is 0 Å². The van der Waals surface area contributed by atoms with Crippen molar-refractivity contribution in [2.45, 2.75) is 6.54 Å². The first kappa shape index (κ1) is 19.2. The van der Waals surface area contributed by atoms with Crippen LogP contribution in [0.15, 0.2) is 54.6 Å². The zero-order chi connectivity index (χ0) is 16.8. The van der Waals surface area contributed by atoms with Gasteiger partial charge in [0.15, 0.2) is 0 Å². The number of amides is 1. The minimum atomic E-state index is -0.0884. The van der Waals surface area contributed by atoms with Gasteiger partial charge in [-0.25, -0.2) is 0 Å². The molecule has 0 unspecified atom stereocenters. The van der Waals surface area contributed by atoms with Crippen molar-refractivity contribution >= 4 is 39.7 Å². The summed E-state index contributed by atoms with van der Waals surface area (Å²) in [6.07, 6.45) is 0. The van der Waals surface area contributed by atoms with E-state index in [-0.39, 0.29) is 18.3 Å². The van der Waals surface area contributed by atoms with Crippen LogP contribution in [-0.2, 0) is 6.54 Å². The molecule has 25 heavy (non-hydrogen) atoms. The fourth-order valence-corrected chi connectivity index (χ4v) is 3.64. The number of ether oxygens (including phenoxy) is 1. The molecule has 0 aliphatic carbocycles. The zero-order valence-electron chi connectivity index (χ0n) is 14.0. The van der Waals surface area contributed by atoms with E-state index in [0.717, 1.165) is 16.6 Å². The van der Waals surface area contributed by atoms with Gasteiger partial charge in [0.2, 0.25) is 0 Å². The third kappa shape index (κ3) is 4.72. The SMILES string of the molecule is COc1c(C(=O)NCCNCc2ccccc2)sc2ccccc12.Cl. The van der Waals surface area contributed by atoms with Crippen molar-refractivity contribution in [3.63, 3.8) is 0 Å². The monoisotopic (exact) mass is 376 g/mol. The molecule has 1 amide bonds. The summed E-state index contributed by atoms with van der Waals surface area (Å²) in [4.78, 5) is 13.0. The number of halogens is 1. The normalized spacial score (nSPS) is 10.3. The third-order valence-electron chi connectivity index (χ3n) is 3.72. The van der Waals surface area contributed by atoms with Crippen LogP contribution in [0.1, 0.15) is 15.2 Å². The van der Waals surface area contributed by atoms with E-state index in [1.165, 1.54) is 16.9 Å². The molecular weight excluding hydrogens is 356 g/mol. The van der Waals surface area contributed by atoms with E-state index in [4.69, 9.17) is 4.74 Å². The molecule has 4 nitrogen and oxygen atoms in total. The second kappa shape index (κ2) is 9.42. The standard InChI is InChI=1S/C19H20N2O2S.ClH/c1-23-17-15-9-5-6-10-16(15)24-18(17)19(22)21-12-11-20-13-14-7-3-2-4-8-14;/h2-10,20H,11-13H2,1H3,(H,21,22);1H. The Labute approximate surface area is 157 Å². The van der Waals surface area contributed by atoms with Gasteiger partial charge >= 0.3 is 0 Å². The highest BCUT2D eigenvalue weighted by molar-refractivity contribution is 7.21. The van der Waals surface area contributed by atoms with Crippen LogP contribution in [0, 0.1) is 0 Å². The lowest BCUT2D eigenvalue weighted by Gasteiger charge is -2.07. The fourth-order valence-electron chi connectivity index (χ4n) is 2.55. The van der Waals surface area contributed by atoms with Crippen molar-refractivity contribution in [1.82, 2.24) is 10.6 Å². The lowest BCUT2D eigenvalue weighted by atomic mass is 10.2. The van der Waals surface area contributed by atoms with Crippen molar-refractivity contribution in [2.75, 3.05) is 20.2 Å². The van der Waals surface area contributed by atoms with E-state index in [0.29, 0.717) is 23.7 Å². The summed E-state index contributed by atoms with van der Waals surface area (Å²) in [6, 6.07) is 18.1. The second-order valence-corrected chi connectivity index (χ2v) is 6.43. The molecule has 1 heterocycles. The van der Waals surface area contributed by atoms with E-state index < -0.39 is 0 Å². The number of hydrogen-bond donors (Lipinski definition) is 2. The molecule has 0 fully saturated rings. The lowest BCUT2D eigenvalue weighted by molar-refractivity contribution is 0.0955. The molecule has 2 N–H and O–H groups in total. The highest BCUT2D eigenvalue weighted by atomic mass is 35.5. The van der Waals surface area contributed by atoms with Crippen molar-refractivity contribution in [3.05, 3.63) is 65.0 Å². The molecule has 1 aromatic heterocycles. The van der Waals surface area contributed by atoms with Gasteiger partial charge in [-0.2, -0.15) is 0 Å². The second-order valence-electron chi connectivity index (χ2n) is 5.38. The van der Waals surface area contributed by atoms with E-state index in [9.17, 15) is 4.79 Å². The molecule has 0 atom stereocenters. The number of benzene rings is 2. The largest absolute Gasteiger partial charge is 0.494 e. The molecule has 0 saturated carbocycles. The molecule has 3 aromatic rings. The molecule has 2 aromatic carbocycles. The Kier molecular flexibility index (Phi) is 7.25. The van der Waals surface area contributed by atoms with Gasteiger partial charge in [0.25, 0.3) is 5.91 Å². The summed E-state index contributed by atoms with van der Waals surface area (Å²) < 4.78 is 6.50. The maximum absolute atomic E-state index is 12.4. The van der Waals surface area contributed by atoms with Gasteiger partial charge in [0.1, 0.15) is 10.6 Å². The first-order valence-electron chi connectivity index (χ1n) is 7.88. The van der Waals surface area contributed by atoms with Gasteiger partial charge < -0.3 is 15.4 Å². The van der Waals surface area contributed by atoms with E-state index in [2.05, 4.69) is 22.8 Å². The number of methoxy groups -OCH3 is 1. The van der Waals surface area contributed by atoms with Crippen LogP contribution in [0.5, 0.6) is 5.75 Å². The number of hydrogen-bond acceptors (Lipinski definition) is 4. The topological polar surface area (TPSA) is 50.4 Å². The third-order valence-corrected chi connectivity index (χ3v) is 4.87. The molecule has 6 heteroatoms. The van der Waals surface area contributed by atoms with Gasteiger partial charge in [-0.15, -0.1) is 23.7 Å². The number of fused-ring (bicyclic) bond motifs is 1. The van der Waals surface area contributed by atoms with E-state index in [1.54, 1.807) is 7.11 Å². The summed E-state index contributed by atoms with van der Waals surface area (Å²) in [5, 5.41) is 7.25. The van der Waals surface area contributed by atoms with Crippen LogP contribution in [-0.4, -0.2) is 26.1 Å². The van der Waals surface area contributed by atoms with Crippen LogP contribution in [0.4, 0.5) is 0 Å². The molecule has 0 aliphatic rings. The smallest absolute Gasteiger partial charge is 0.265 e. The van der Waals surface area contributed by atoms with E-state index in [1.807, 2.05) is 42.5 Å². The van der Waals surface area contributed by atoms with E-state index >= 15 is 0 Å². The highest BCUT2D eigenvalue weighted by Crippen LogP contribution is 2.37. The average Bonchev–Trinajstić information content (AvgIpc) is 3.01. The Balaban J connectivity index is 0.00000225. The van der Waals surface area contributed by atoms with Crippen LogP contribution in [0.3, 0.4) is 0 Å². The zero-order valence-corrected chi connectivity index (χ0v) is 15.6. The van der Waals surface area contributed by atoms with Crippen LogP contribution in [0.25, 0.3) is 10.1 Å². The van der Waals surface area contributed by atoms with Gasteiger partial charge in [-0.3, -0.25) is 4.79 Å². The fraction of sp³-hybridized carbons (Fsp3) is 0.211. The Morgan fingerprint density at radius 1 is 1.04 bits per heavy atom. The van der Waals surface area contributed by atoms with Gasteiger partial charge in [0, 0.05) is 29.7 Å². The summed E-state index contributed by atoms with van der Waals surface area (Å²) in [5.74, 6) is 0.569. The summed E-state index contributed by atoms with van der Waals surface area (Å²) in [7, 11) is 1.60. The first-order valence-corrected chi connectivity index (χ1v) is 8.69. The molecule has 3 rings (SSSR count). The Hall–Kier alpha value is -2.08. The first-order chi connectivity index (χ1) is 11.8. The number of nitrogens with one attached hydrogen (secondary N) is 2. The number of rotatable bonds is 7. The quantitative estimate of drug-likeness (QED) is 0.616. The summed E-state index contributed by atoms with van der Waals surface area (Å²) in [6.45, 7) is 2.08. The van der Waals surface area contributed by atoms with Crippen molar-refractivity contribution in [2.24, 2.45) is 0 Å². The number of thiophene rings is 1. The Morgan fingerprint density at radius 2 is 1.76 bits per heavy atom. The number of carbonyl (C=O) groups excluding carboxylic acids is 1. The Bertz CT molecular complexity index is 821. The lowest BCUT2D eigenvalue weighted by Crippen LogP contribution is -2.31. The highest BCUT2D eigenvalue weighted by Gasteiger charge is 2.18. The molecule has 0 saturated heterocycles. The van der Waals surface area contributed by atoms with Crippen LogP contribution in [0.2, 0.25) is 0 Å². The average molecular weight is 377 g/mol. The number of carbonyl (C=O) groups is 1. The van der Waals surface area contributed by atoms with Crippen molar-refractivity contribution < 1.29 is 9.53 Å². The predicted molar refractivity (Wildman–Crippen MR) is 106 cm³/mol. The van der Waals surface area contributed by atoms with Crippen LogP contribution >= 0.6 is 23.7 Å². The molecular formula is C19H21ClN2O2S. The summed E-state index contributed by atoms with van der Waals surface area (Å²) >= 11 is 1.46. The van der Waals surface area contributed by atoms with Gasteiger partial charge in [0.05, 0.1) is 7.11 Å². The molecule has 0 spiro atoms. The molecule has 0 radical (unpaired) electrons. The minimum Gasteiger partial charge on any atom is -0.494 e. The maximum Gasteiger partial charge on any atom is 0.265 e. The Morgan fingerprint density at radius 3 is 2.52 bits per heavy atom. The predicted octanol–water partition coefficient (Wildman–Crippen LogP) is 3.85. The summed E-state index contributed by atoms with van der Waals surface area (Å²) in [5.41, 5.74) is 1.23. The molecule has 132 valence electrons. The van der Waals surface area contributed by atoms with Crippen LogP contribution < -0.4 is 15.4 Å². The van der Waals surface area contributed by atoms with Gasteiger partial charge in [-0.05, 0) is 17.7 Å². The molecule has 0 aliphatic heterocycles. The maximum atomic E-state index is 12.4. The minimum absolute atomic E-state index is 0.